The van der Waals surface area contributed by atoms with Crippen LogP contribution in [0.15, 0.2) is 201 Å². The van der Waals surface area contributed by atoms with Crippen molar-refractivity contribution >= 4 is 74.9 Å². The van der Waals surface area contributed by atoms with Crippen LogP contribution in [0.25, 0.3) is 5.57 Å². The van der Waals surface area contributed by atoms with Gasteiger partial charge in [-0.15, -0.1) is 0 Å². The highest BCUT2D eigenvalue weighted by Crippen LogP contribution is 2.44. The minimum absolute atomic E-state index is 0.282. The molecule has 0 radical (unpaired) electrons. The second-order valence-corrected chi connectivity index (χ2v) is 18.6. The Bertz CT molecular complexity index is 3050. The molecular formula is C64H58N10. The van der Waals surface area contributed by atoms with Gasteiger partial charge in [-0.3, -0.25) is 19.6 Å². The van der Waals surface area contributed by atoms with Gasteiger partial charge in [0.05, 0.1) is 51.1 Å². The lowest BCUT2D eigenvalue weighted by Gasteiger charge is -2.30. The monoisotopic (exact) mass is 966 g/mol. The molecule has 364 valence electrons. The van der Waals surface area contributed by atoms with Gasteiger partial charge in [0.15, 0.2) is 11.6 Å². The van der Waals surface area contributed by atoms with E-state index < -0.39 is 0 Å². The molecule has 0 spiro atoms. The van der Waals surface area contributed by atoms with E-state index in [1.807, 2.05) is 97.1 Å². The largest absolute Gasteiger partial charge is 0.278 e. The fourth-order valence-electron chi connectivity index (χ4n) is 9.37. The number of para-hydroxylation sites is 8. The second-order valence-electron chi connectivity index (χ2n) is 18.6. The Balaban J connectivity index is 1.30. The minimum atomic E-state index is 0.282. The lowest BCUT2D eigenvalue weighted by molar-refractivity contribution is 0.933. The van der Waals surface area contributed by atoms with Crippen LogP contribution in [0.4, 0.5) is 69.3 Å². The fourth-order valence-corrected chi connectivity index (χ4v) is 9.37. The maximum atomic E-state index is 5.49. The molecule has 2 heterocycles. The molecule has 0 aliphatic heterocycles. The molecule has 10 aromatic rings. The summed E-state index contributed by atoms with van der Waals surface area (Å²) in [5, 5.41) is 0. The molecule has 0 saturated carbocycles. The Morgan fingerprint density at radius 1 is 0.243 bits per heavy atom. The maximum absolute atomic E-state index is 5.49. The normalized spacial score (nSPS) is 11.0. The zero-order valence-corrected chi connectivity index (χ0v) is 43.2. The predicted octanol–water partition coefficient (Wildman–Crippen LogP) is 16.5. The molecule has 0 fully saturated rings. The number of aryl methyl sites for hydroxylation is 8. The number of hydrogen-bond donors (Lipinski definition) is 0. The average molecular weight is 967 g/mol. The van der Waals surface area contributed by atoms with Crippen LogP contribution >= 0.6 is 0 Å². The highest BCUT2D eigenvalue weighted by Gasteiger charge is 2.30. The molecule has 0 aliphatic rings. The van der Waals surface area contributed by atoms with Crippen molar-refractivity contribution in [3.8, 4) is 0 Å². The molecule has 10 rings (SSSR count). The standard InChI is InChI=1S/C64H58N10/c1-42-26-10-18-34-51(42)71(52-35-19-11-27-43(52)2)61-65-59(66-62(69-61)72(53-36-20-12-28-44(53)3)54-37-21-13-29-45(54)4)50(9)60-67-63(73(55-38-22-14-30-46(55)5)56-39-23-15-31-47(56)6)70-64(68-60)74(57-40-24-16-32-48(57)7)58-41-25-17-33-49(58)8/h10-41H,9H2,1-8H3. The third-order valence-electron chi connectivity index (χ3n) is 13.4. The van der Waals surface area contributed by atoms with E-state index in [1.54, 1.807) is 0 Å². The van der Waals surface area contributed by atoms with E-state index in [0.29, 0.717) is 29.4 Å². The van der Waals surface area contributed by atoms with Gasteiger partial charge in [-0.25, -0.2) is 0 Å². The summed E-state index contributed by atoms with van der Waals surface area (Å²) in [6.07, 6.45) is 0. The van der Waals surface area contributed by atoms with Crippen LogP contribution in [0.5, 0.6) is 0 Å². The number of benzene rings is 8. The van der Waals surface area contributed by atoms with Crippen LogP contribution in [-0.2, 0) is 0 Å². The smallest absolute Gasteiger partial charge is 0.240 e. The number of nitrogens with zero attached hydrogens (tertiary/aromatic N) is 10. The van der Waals surface area contributed by atoms with Crippen molar-refractivity contribution in [2.24, 2.45) is 0 Å². The van der Waals surface area contributed by atoms with Crippen molar-refractivity contribution in [3.05, 3.63) is 257 Å². The summed E-state index contributed by atoms with van der Waals surface area (Å²) in [7, 11) is 0. The molecule has 0 N–H and O–H groups in total. The molecule has 0 saturated heterocycles. The SMILES string of the molecule is C=C(c1nc(N(c2ccccc2C)c2ccccc2C)nc(N(c2ccccc2C)c2ccccc2C)n1)c1nc(N(c2ccccc2C)c2ccccc2C)nc(N(c2ccccc2C)c2ccccc2C)n1. The summed E-state index contributed by atoms with van der Waals surface area (Å²) in [5.74, 6) is 2.12. The van der Waals surface area contributed by atoms with Gasteiger partial charge in [-0.1, -0.05) is 152 Å². The van der Waals surface area contributed by atoms with Crippen LogP contribution in [0.3, 0.4) is 0 Å². The Morgan fingerprint density at radius 3 is 0.541 bits per heavy atom. The lowest BCUT2D eigenvalue weighted by atomic mass is 10.1. The highest BCUT2D eigenvalue weighted by molar-refractivity contribution is 5.85. The summed E-state index contributed by atoms with van der Waals surface area (Å²) >= 11 is 0. The predicted molar refractivity (Wildman–Crippen MR) is 304 cm³/mol. The van der Waals surface area contributed by atoms with Crippen molar-refractivity contribution < 1.29 is 0 Å². The minimum Gasteiger partial charge on any atom is -0.278 e. The van der Waals surface area contributed by atoms with E-state index in [1.165, 1.54) is 0 Å². The molecule has 74 heavy (non-hydrogen) atoms. The van der Waals surface area contributed by atoms with Gasteiger partial charge < -0.3 is 0 Å². The first-order valence-electron chi connectivity index (χ1n) is 24.8. The van der Waals surface area contributed by atoms with E-state index in [0.717, 1.165) is 90.0 Å². The Hall–Kier alpha value is -9.28. The average Bonchev–Trinajstić information content (AvgIpc) is 3.41. The topological polar surface area (TPSA) is 90.3 Å². The van der Waals surface area contributed by atoms with E-state index in [-0.39, 0.29) is 11.6 Å². The number of aromatic nitrogens is 6. The molecule has 0 amide bonds. The summed E-state index contributed by atoms with van der Waals surface area (Å²) in [6, 6.07) is 66.3. The van der Waals surface area contributed by atoms with Crippen molar-refractivity contribution in [1.29, 1.82) is 0 Å². The molecule has 0 atom stereocenters. The zero-order chi connectivity index (χ0) is 51.5. The Labute approximate surface area is 434 Å². The summed E-state index contributed by atoms with van der Waals surface area (Å²) in [6.45, 7) is 21.7. The van der Waals surface area contributed by atoms with Gasteiger partial charge in [0.25, 0.3) is 0 Å². The molecule has 2 aromatic heterocycles. The van der Waals surface area contributed by atoms with Gasteiger partial charge in [0.1, 0.15) is 0 Å². The lowest BCUT2D eigenvalue weighted by Crippen LogP contribution is -2.23. The van der Waals surface area contributed by atoms with Crippen molar-refractivity contribution in [1.82, 2.24) is 29.9 Å². The third kappa shape index (κ3) is 9.48. The summed E-state index contributed by atoms with van der Waals surface area (Å²) in [4.78, 5) is 41.2. The number of anilines is 12. The highest BCUT2D eigenvalue weighted by atomic mass is 15.4. The van der Waals surface area contributed by atoms with Crippen LogP contribution in [0.1, 0.15) is 56.2 Å². The summed E-state index contributed by atoms with van der Waals surface area (Å²) < 4.78 is 0. The molecule has 0 aliphatic carbocycles. The Morgan fingerprint density at radius 2 is 0.392 bits per heavy atom. The van der Waals surface area contributed by atoms with Gasteiger partial charge in [0.2, 0.25) is 23.8 Å². The van der Waals surface area contributed by atoms with Crippen LogP contribution in [0, 0.1) is 55.4 Å². The molecule has 10 nitrogen and oxygen atoms in total. The zero-order valence-electron chi connectivity index (χ0n) is 43.2. The Kier molecular flexibility index (Phi) is 13.6. The quantitative estimate of drug-likeness (QED) is 0.105. The van der Waals surface area contributed by atoms with E-state index >= 15 is 0 Å². The van der Waals surface area contributed by atoms with Gasteiger partial charge in [-0.2, -0.15) is 29.9 Å². The van der Waals surface area contributed by atoms with Crippen molar-refractivity contribution in [2.75, 3.05) is 19.6 Å². The van der Waals surface area contributed by atoms with Gasteiger partial charge in [0, 0.05) is 0 Å². The van der Waals surface area contributed by atoms with Gasteiger partial charge >= 0.3 is 0 Å². The van der Waals surface area contributed by atoms with Crippen molar-refractivity contribution in [3.63, 3.8) is 0 Å². The third-order valence-corrected chi connectivity index (χ3v) is 13.4. The maximum Gasteiger partial charge on any atom is 0.240 e. The van der Waals surface area contributed by atoms with E-state index in [9.17, 15) is 0 Å². The first-order valence-corrected chi connectivity index (χ1v) is 24.8. The van der Waals surface area contributed by atoms with E-state index in [4.69, 9.17) is 36.5 Å². The molecule has 8 aromatic carbocycles. The first kappa shape index (κ1) is 48.4. The molecule has 0 bridgehead atoms. The van der Waals surface area contributed by atoms with Crippen LogP contribution in [-0.4, -0.2) is 29.9 Å². The number of hydrogen-bond acceptors (Lipinski definition) is 10. The van der Waals surface area contributed by atoms with Crippen LogP contribution < -0.4 is 19.6 Å². The first-order chi connectivity index (χ1) is 36.0. The van der Waals surface area contributed by atoms with Crippen molar-refractivity contribution in [2.45, 2.75) is 55.4 Å². The van der Waals surface area contributed by atoms with E-state index in [2.05, 4.69) is 172 Å². The summed E-state index contributed by atoms with van der Waals surface area (Å²) in [5.41, 5.74) is 16.0. The molecule has 10 heteroatoms. The number of rotatable bonds is 14. The molecule has 0 unspecified atom stereocenters. The van der Waals surface area contributed by atoms with Crippen LogP contribution in [0.2, 0.25) is 0 Å². The fraction of sp³-hybridized carbons (Fsp3) is 0.125. The second kappa shape index (κ2) is 20.8. The van der Waals surface area contributed by atoms with Gasteiger partial charge in [-0.05, 0) is 148 Å². The molecular weight excluding hydrogens is 909 g/mol.